The second kappa shape index (κ2) is 5.24. The molecule has 2 aromatic rings. The van der Waals surface area contributed by atoms with Crippen LogP contribution >= 0.6 is 31.9 Å². The molecule has 0 aliphatic rings. The summed E-state index contributed by atoms with van der Waals surface area (Å²) in [7, 11) is 0. The van der Waals surface area contributed by atoms with Crippen LogP contribution in [0.1, 0.15) is 21.7 Å². The predicted octanol–water partition coefficient (Wildman–Crippen LogP) is 3.80. The van der Waals surface area contributed by atoms with Gasteiger partial charge in [0.1, 0.15) is 0 Å². The molecule has 1 aromatic carbocycles. The number of benzene rings is 1. The normalized spacial score (nSPS) is 10.4. The van der Waals surface area contributed by atoms with E-state index in [-0.39, 0.29) is 5.91 Å². The highest BCUT2D eigenvalue weighted by atomic mass is 79.9. The van der Waals surface area contributed by atoms with E-state index in [0.29, 0.717) is 5.56 Å². The van der Waals surface area contributed by atoms with Crippen molar-refractivity contribution in [2.24, 2.45) is 0 Å². The first-order chi connectivity index (χ1) is 8.49. The molecule has 0 aliphatic carbocycles. The number of anilines is 1. The molecule has 0 unspecified atom stereocenters. The Kier molecular flexibility index (Phi) is 3.87. The SMILES string of the molecule is Cc1n[nH]c(C)c1NC(=O)c1cc(Br)ccc1Br. The number of hydrogen-bond acceptors (Lipinski definition) is 2. The monoisotopic (exact) mass is 371 g/mol. The van der Waals surface area contributed by atoms with Gasteiger partial charge in [-0.1, -0.05) is 15.9 Å². The van der Waals surface area contributed by atoms with Gasteiger partial charge in [0.05, 0.1) is 22.6 Å². The van der Waals surface area contributed by atoms with Crippen LogP contribution in [0.15, 0.2) is 27.1 Å². The van der Waals surface area contributed by atoms with Gasteiger partial charge < -0.3 is 5.32 Å². The van der Waals surface area contributed by atoms with Crippen molar-refractivity contribution >= 4 is 43.5 Å². The highest BCUT2D eigenvalue weighted by molar-refractivity contribution is 9.11. The van der Waals surface area contributed by atoms with Crippen LogP contribution in [0.5, 0.6) is 0 Å². The fourth-order valence-corrected chi connectivity index (χ4v) is 2.38. The van der Waals surface area contributed by atoms with Crippen LogP contribution in [0.25, 0.3) is 0 Å². The van der Waals surface area contributed by atoms with E-state index in [4.69, 9.17) is 0 Å². The Morgan fingerprint density at radius 3 is 2.67 bits per heavy atom. The molecule has 0 saturated heterocycles. The van der Waals surface area contributed by atoms with E-state index in [1.54, 1.807) is 6.07 Å². The molecule has 0 fully saturated rings. The van der Waals surface area contributed by atoms with E-state index in [2.05, 4.69) is 47.4 Å². The molecule has 1 aromatic heterocycles. The first kappa shape index (κ1) is 13.3. The quantitative estimate of drug-likeness (QED) is 0.842. The van der Waals surface area contributed by atoms with Gasteiger partial charge in [-0.15, -0.1) is 0 Å². The number of aromatic amines is 1. The molecule has 18 heavy (non-hydrogen) atoms. The van der Waals surface area contributed by atoms with E-state index < -0.39 is 0 Å². The molecule has 0 saturated carbocycles. The van der Waals surface area contributed by atoms with E-state index >= 15 is 0 Å². The maximum absolute atomic E-state index is 12.2. The minimum Gasteiger partial charge on any atom is -0.319 e. The lowest BCUT2D eigenvalue weighted by Gasteiger charge is -2.07. The van der Waals surface area contributed by atoms with Gasteiger partial charge in [-0.2, -0.15) is 5.10 Å². The molecule has 1 heterocycles. The summed E-state index contributed by atoms with van der Waals surface area (Å²) in [5, 5.41) is 9.74. The number of nitrogens with one attached hydrogen (secondary N) is 2. The number of halogens is 2. The van der Waals surface area contributed by atoms with E-state index in [0.717, 1.165) is 26.0 Å². The third-order valence-electron chi connectivity index (χ3n) is 2.54. The fraction of sp³-hybridized carbons (Fsp3) is 0.167. The molecule has 0 atom stereocenters. The average Bonchev–Trinajstić information content (AvgIpc) is 2.64. The summed E-state index contributed by atoms with van der Waals surface area (Å²) in [5.74, 6) is -0.171. The average molecular weight is 373 g/mol. The van der Waals surface area contributed by atoms with Crippen LogP contribution in [0, 0.1) is 13.8 Å². The van der Waals surface area contributed by atoms with Crippen molar-refractivity contribution in [3.8, 4) is 0 Å². The molecule has 2 rings (SSSR count). The molecule has 0 aliphatic heterocycles. The molecule has 94 valence electrons. The lowest BCUT2D eigenvalue weighted by atomic mass is 10.2. The third-order valence-corrected chi connectivity index (χ3v) is 3.72. The van der Waals surface area contributed by atoms with Crippen LogP contribution in [0.2, 0.25) is 0 Å². The zero-order valence-electron chi connectivity index (χ0n) is 9.84. The number of aromatic nitrogens is 2. The van der Waals surface area contributed by atoms with Crippen molar-refractivity contribution in [1.82, 2.24) is 10.2 Å². The van der Waals surface area contributed by atoms with Gasteiger partial charge in [-0.05, 0) is 48.0 Å². The second-order valence-corrected chi connectivity index (χ2v) is 5.66. The van der Waals surface area contributed by atoms with Crippen LogP contribution in [0.4, 0.5) is 5.69 Å². The molecule has 0 radical (unpaired) electrons. The standard InChI is InChI=1S/C12H11Br2N3O/c1-6-11(7(2)17-16-6)15-12(18)9-5-8(13)3-4-10(9)14/h3-5H,1-2H3,(H,15,18)(H,16,17). The van der Waals surface area contributed by atoms with E-state index in [1.165, 1.54) is 0 Å². The van der Waals surface area contributed by atoms with Gasteiger partial charge in [-0.25, -0.2) is 0 Å². The van der Waals surface area contributed by atoms with E-state index in [1.807, 2.05) is 26.0 Å². The van der Waals surface area contributed by atoms with Gasteiger partial charge in [0.15, 0.2) is 0 Å². The lowest BCUT2D eigenvalue weighted by Crippen LogP contribution is -2.13. The van der Waals surface area contributed by atoms with Gasteiger partial charge >= 0.3 is 0 Å². The molecule has 0 spiro atoms. The summed E-state index contributed by atoms with van der Waals surface area (Å²) >= 11 is 6.72. The molecular formula is C12H11Br2N3O. The minimum absolute atomic E-state index is 0.171. The van der Waals surface area contributed by atoms with Crippen LogP contribution in [-0.2, 0) is 0 Å². The Morgan fingerprint density at radius 1 is 1.33 bits per heavy atom. The largest absolute Gasteiger partial charge is 0.319 e. The fourth-order valence-electron chi connectivity index (χ4n) is 1.59. The number of aryl methyl sites for hydroxylation is 2. The summed E-state index contributed by atoms with van der Waals surface area (Å²) in [4.78, 5) is 12.2. The predicted molar refractivity (Wildman–Crippen MR) is 77.9 cm³/mol. The lowest BCUT2D eigenvalue weighted by molar-refractivity contribution is 0.102. The molecule has 4 nitrogen and oxygen atoms in total. The Balaban J connectivity index is 2.30. The summed E-state index contributed by atoms with van der Waals surface area (Å²) in [6, 6.07) is 5.47. The number of carbonyl (C=O) groups excluding carboxylic acids is 1. The van der Waals surface area contributed by atoms with Gasteiger partial charge in [0.25, 0.3) is 5.91 Å². The molecule has 1 amide bonds. The topological polar surface area (TPSA) is 57.8 Å². The Hall–Kier alpha value is -1.14. The summed E-state index contributed by atoms with van der Waals surface area (Å²) in [6.45, 7) is 3.71. The smallest absolute Gasteiger partial charge is 0.256 e. The Bertz CT molecular complexity index is 588. The number of nitrogens with zero attached hydrogens (tertiary/aromatic N) is 1. The first-order valence-electron chi connectivity index (χ1n) is 5.27. The Labute approximate surface area is 121 Å². The van der Waals surface area contributed by atoms with Crippen LogP contribution in [-0.4, -0.2) is 16.1 Å². The van der Waals surface area contributed by atoms with Crippen molar-refractivity contribution < 1.29 is 4.79 Å². The second-order valence-electron chi connectivity index (χ2n) is 3.89. The number of carbonyl (C=O) groups is 1. The third kappa shape index (κ3) is 2.64. The summed E-state index contributed by atoms with van der Waals surface area (Å²) in [6.07, 6.45) is 0. The molecule has 6 heteroatoms. The maximum Gasteiger partial charge on any atom is 0.256 e. The van der Waals surface area contributed by atoms with Crippen molar-refractivity contribution in [2.45, 2.75) is 13.8 Å². The highest BCUT2D eigenvalue weighted by Crippen LogP contribution is 2.24. The zero-order valence-corrected chi connectivity index (χ0v) is 13.0. The van der Waals surface area contributed by atoms with Gasteiger partial charge in [0, 0.05) is 8.95 Å². The van der Waals surface area contributed by atoms with Gasteiger partial charge in [-0.3, -0.25) is 9.89 Å². The van der Waals surface area contributed by atoms with Crippen LogP contribution < -0.4 is 5.32 Å². The maximum atomic E-state index is 12.2. The van der Waals surface area contributed by atoms with Crippen molar-refractivity contribution in [3.63, 3.8) is 0 Å². The molecule has 2 N–H and O–H groups in total. The molecular weight excluding hydrogens is 362 g/mol. The number of rotatable bonds is 2. The number of hydrogen-bond donors (Lipinski definition) is 2. The van der Waals surface area contributed by atoms with Crippen molar-refractivity contribution in [3.05, 3.63) is 44.1 Å². The molecule has 0 bridgehead atoms. The zero-order chi connectivity index (χ0) is 13.3. The number of amides is 1. The van der Waals surface area contributed by atoms with Gasteiger partial charge in [0.2, 0.25) is 0 Å². The number of H-pyrrole nitrogens is 1. The van der Waals surface area contributed by atoms with Crippen LogP contribution in [0.3, 0.4) is 0 Å². The van der Waals surface area contributed by atoms with Crippen molar-refractivity contribution in [1.29, 1.82) is 0 Å². The summed E-state index contributed by atoms with van der Waals surface area (Å²) < 4.78 is 1.61. The van der Waals surface area contributed by atoms with Crippen molar-refractivity contribution in [2.75, 3.05) is 5.32 Å². The summed E-state index contributed by atoms with van der Waals surface area (Å²) in [5.41, 5.74) is 2.91. The first-order valence-corrected chi connectivity index (χ1v) is 6.85. The van der Waals surface area contributed by atoms with E-state index in [9.17, 15) is 4.79 Å². The minimum atomic E-state index is -0.171. The highest BCUT2D eigenvalue weighted by Gasteiger charge is 2.14. The Morgan fingerprint density at radius 2 is 2.06 bits per heavy atom.